The van der Waals surface area contributed by atoms with Crippen LogP contribution < -0.4 is 10.6 Å². The summed E-state index contributed by atoms with van der Waals surface area (Å²) in [4.78, 5) is 23.7. The molecule has 0 saturated heterocycles. The predicted octanol–water partition coefficient (Wildman–Crippen LogP) is 3.23. The molecule has 0 aliphatic heterocycles. The second-order valence-electron chi connectivity index (χ2n) is 5.36. The molecule has 126 valence electrons. The van der Waals surface area contributed by atoms with Gasteiger partial charge in [0.15, 0.2) is 5.82 Å². The summed E-state index contributed by atoms with van der Waals surface area (Å²) in [5, 5.41) is 13.7. The van der Waals surface area contributed by atoms with Crippen molar-refractivity contribution in [2.24, 2.45) is 5.92 Å². The second kappa shape index (κ2) is 6.96. The van der Waals surface area contributed by atoms with Crippen molar-refractivity contribution in [3.05, 3.63) is 33.4 Å². The molecule has 2 amide bonds. The predicted molar refractivity (Wildman–Crippen MR) is 91.5 cm³/mol. The lowest BCUT2D eigenvalue weighted by molar-refractivity contribution is -0.117. The summed E-state index contributed by atoms with van der Waals surface area (Å²) in [6, 6.07) is 2.96. The second-order valence-corrected chi connectivity index (χ2v) is 6.61. The average molecular weight is 389 g/mol. The lowest BCUT2D eigenvalue weighted by Gasteiger charge is -2.09. The van der Waals surface area contributed by atoms with Crippen molar-refractivity contribution in [3.8, 4) is 0 Å². The van der Waals surface area contributed by atoms with Crippen molar-refractivity contribution in [2.45, 2.75) is 19.4 Å². The van der Waals surface area contributed by atoms with Crippen LogP contribution in [-0.2, 0) is 16.1 Å². The SMILES string of the molecule is O=C(Cn1cc(NC(=O)C2CC2)nn1)Nc1c(Cl)cc(Cl)cc1Cl. The van der Waals surface area contributed by atoms with E-state index in [0.717, 1.165) is 12.8 Å². The molecular weight excluding hydrogens is 377 g/mol. The molecular formula is C14H12Cl3N5O2. The maximum absolute atomic E-state index is 12.1. The Morgan fingerprint density at radius 1 is 1.17 bits per heavy atom. The third-order valence-electron chi connectivity index (χ3n) is 3.31. The van der Waals surface area contributed by atoms with Gasteiger partial charge < -0.3 is 10.6 Å². The van der Waals surface area contributed by atoms with Crippen molar-refractivity contribution < 1.29 is 9.59 Å². The normalized spacial score (nSPS) is 13.6. The number of carbonyl (C=O) groups is 2. The highest BCUT2D eigenvalue weighted by Crippen LogP contribution is 2.33. The van der Waals surface area contributed by atoms with Gasteiger partial charge in [0.2, 0.25) is 11.8 Å². The van der Waals surface area contributed by atoms with Crippen molar-refractivity contribution in [3.63, 3.8) is 0 Å². The van der Waals surface area contributed by atoms with Gasteiger partial charge in [-0.1, -0.05) is 40.0 Å². The number of nitrogens with zero attached hydrogens (tertiary/aromatic N) is 3. The molecule has 2 N–H and O–H groups in total. The monoisotopic (exact) mass is 387 g/mol. The first-order valence-electron chi connectivity index (χ1n) is 7.08. The Morgan fingerprint density at radius 2 is 1.83 bits per heavy atom. The minimum absolute atomic E-state index is 0.0626. The zero-order valence-corrected chi connectivity index (χ0v) is 14.5. The van der Waals surface area contributed by atoms with Crippen LogP contribution in [0, 0.1) is 5.92 Å². The van der Waals surface area contributed by atoms with Gasteiger partial charge in [0.25, 0.3) is 0 Å². The first-order valence-corrected chi connectivity index (χ1v) is 8.21. The van der Waals surface area contributed by atoms with E-state index in [9.17, 15) is 9.59 Å². The van der Waals surface area contributed by atoms with Crippen LogP contribution in [0.5, 0.6) is 0 Å². The van der Waals surface area contributed by atoms with E-state index in [1.54, 1.807) is 0 Å². The maximum atomic E-state index is 12.1. The van der Waals surface area contributed by atoms with Crippen LogP contribution >= 0.6 is 34.8 Å². The number of benzene rings is 1. The van der Waals surface area contributed by atoms with Crippen LogP contribution in [0.15, 0.2) is 18.3 Å². The largest absolute Gasteiger partial charge is 0.322 e. The van der Waals surface area contributed by atoms with E-state index in [-0.39, 0.29) is 34.1 Å². The third kappa shape index (κ3) is 4.17. The van der Waals surface area contributed by atoms with E-state index in [4.69, 9.17) is 34.8 Å². The van der Waals surface area contributed by atoms with Gasteiger partial charge in [-0.05, 0) is 25.0 Å². The number of hydrogen-bond acceptors (Lipinski definition) is 4. The van der Waals surface area contributed by atoms with E-state index in [1.807, 2.05) is 0 Å². The molecule has 2 aromatic rings. The van der Waals surface area contributed by atoms with Gasteiger partial charge in [-0.2, -0.15) is 0 Å². The lowest BCUT2D eigenvalue weighted by Crippen LogP contribution is -2.19. The fraction of sp³-hybridized carbons (Fsp3) is 0.286. The van der Waals surface area contributed by atoms with Crippen LogP contribution in [0.2, 0.25) is 15.1 Å². The summed E-state index contributed by atoms with van der Waals surface area (Å²) >= 11 is 17.8. The highest BCUT2D eigenvalue weighted by molar-refractivity contribution is 6.42. The van der Waals surface area contributed by atoms with Gasteiger partial charge in [-0.15, -0.1) is 5.10 Å². The smallest absolute Gasteiger partial charge is 0.246 e. The van der Waals surface area contributed by atoms with Crippen molar-refractivity contribution in [1.82, 2.24) is 15.0 Å². The minimum atomic E-state index is -0.397. The molecule has 1 aliphatic rings. The van der Waals surface area contributed by atoms with E-state index in [2.05, 4.69) is 20.9 Å². The van der Waals surface area contributed by atoms with Gasteiger partial charge in [0.05, 0.1) is 21.9 Å². The molecule has 1 aliphatic carbocycles. The van der Waals surface area contributed by atoms with Crippen molar-refractivity contribution >= 4 is 58.1 Å². The first-order chi connectivity index (χ1) is 11.4. The number of nitrogens with one attached hydrogen (secondary N) is 2. The molecule has 1 heterocycles. The summed E-state index contributed by atoms with van der Waals surface area (Å²) in [7, 11) is 0. The van der Waals surface area contributed by atoms with E-state index in [1.165, 1.54) is 23.0 Å². The van der Waals surface area contributed by atoms with Crippen LogP contribution in [0.25, 0.3) is 0 Å². The van der Waals surface area contributed by atoms with Gasteiger partial charge >= 0.3 is 0 Å². The number of carbonyl (C=O) groups excluding carboxylic acids is 2. The maximum Gasteiger partial charge on any atom is 0.246 e. The van der Waals surface area contributed by atoms with E-state index in [0.29, 0.717) is 10.8 Å². The number of rotatable bonds is 5. The topological polar surface area (TPSA) is 88.9 Å². The Bertz CT molecular complexity index is 780. The van der Waals surface area contributed by atoms with Crippen LogP contribution in [0.3, 0.4) is 0 Å². The molecule has 1 saturated carbocycles. The molecule has 7 nitrogen and oxygen atoms in total. The summed E-state index contributed by atoms with van der Waals surface area (Å²) in [5.74, 6) is -0.104. The highest BCUT2D eigenvalue weighted by atomic mass is 35.5. The van der Waals surface area contributed by atoms with Gasteiger partial charge in [-0.3, -0.25) is 9.59 Å². The molecule has 0 unspecified atom stereocenters. The molecule has 0 spiro atoms. The van der Waals surface area contributed by atoms with Crippen LogP contribution in [0.4, 0.5) is 11.5 Å². The molecule has 10 heteroatoms. The van der Waals surface area contributed by atoms with E-state index >= 15 is 0 Å². The fourth-order valence-electron chi connectivity index (χ4n) is 1.99. The van der Waals surface area contributed by atoms with Crippen LogP contribution in [0.1, 0.15) is 12.8 Å². The summed E-state index contributed by atoms with van der Waals surface area (Å²) in [5.41, 5.74) is 0.273. The number of anilines is 2. The molecule has 3 rings (SSSR count). The lowest BCUT2D eigenvalue weighted by atomic mass is 10.3. The molecule has 1 aromatic carbocycles. The molecule has 0 bridgehead atoms. The van der Waals surface area contributed by atoms with Gasteiger partial charge in [0.1, 0.15) is 6.54 Å². The van der Waals surface area contributed by atoms with Crippen molar-refractivity contribution in [1.29, 1.82) is 0 Å². The Morgan fingerprint density at radius 3 is 2.46 bits per heavy atom. The standard InChI is InChI=1S/C14H12Cl3N5O2/c15-8-3-9(16)13(10(17)4-8)19-12(23)6-22-5-11(20-21-22)18-14(24)7-1-2-7/h3-5,7H,1-2,6H2,(H,18,24)(H,19,23). The molecule has 0 atom stereocenters. The van der Waals surface area contributed by atoms with E-state index < -0.39 is 5.91 Å². The zero-order valence-electron chi connectivity index (χ0n) is 12.2. The Labute approximate surface area is 152 Å². The summed E-state index contributed by atoms with van der Waals surface area (Å²) < 4.78 is 1.30. The Kier molecular flexibility index (Phi) is 4.93. The number of halogens is 3. The fourth-order valence-corrected chi connectivity index (χ4v) is 2.91. The van der Waals surface area contributed by atoms with Crippen LogP contribution in [-0.4, -0.2) is 26.8 Å². The highest BCUT2D eigenvalue weighted by Gasteiger charge is 2.30. The quantitative estimate of drug-likeness (QED) is 0.823. The average Bonchev–Trinajstić information content (AvgIpc) is 3.26. The minimum Gasteiger partial charge on any atom is -0.322 e. The molecule has 1 fully saturated rings. The third-order valence-corrected chi connectivity index (χ3v) is 4.13. The number of amides is 2. The van der Waals surface area contributed by atoms with Gasteiger partial charge in [0, 0.05) is 10.9 Å². The Hall–Kier alpha value is -1.83. The van der Waals surface area contributed by atoms with Gasteiger partial charge in [-0.25, -0.2) is 4.68 Å². The molecule has 1 aromatic heterocycles. The molecule has 24 heavy (non-hydrogen) atoms. The zero-order chi connectivity index (χ0) is 17.3. The first kappa shape index (κ1) is 17.0. The van der Waals surface area contributed by atoms with Crippen molar-refractivity contribution in [2.75, 3.05) is 10.6 Å². The molecule has 0 radical (unpaired) electrons. The Balaban J connectivity index is 1.61. The number of hydrogen-bond donors (Lipinski definition) is 2. The summed E-state index contributed by atoms with van der Waals surface area (Å²) in [6.07, 6.45) is 3.26. The number of aromatic nitrogens is 3. The summed E-state index contributed by atoms with van der Waals surface area (Å²) in [6.45, 7) is -0.110.